The van der Waals surface area contributed by atoms with Crippen molar-refractivity contribution in [2.45, 2.75) is 13.5 Å². The predicted octanol–water partition coefficient (Wildman–Crippen LogP) is 2.68. The molecule has 94 valence electrons. The summed E-state index contributed by atoms with van der Waals surface area (Å²) in [4.78, 5) is 4.03. The second-order valence-electron chi connectivity index (χ2n) is 3.95. The predicted molar refractivity (Wildman–Crippen MR) is 68.0 cm³/mol. The third-order valence-corrected chi connectivity index (χ3v) is 2.55. The molecule has 0 saturated carbocycles. The highest BCUT2D eigenvalue weighted by atomic mass is 16.5. The van der Waals surface area contributed by atoms with Crippen LogP contribution in [-0.4, -0.2) is 17.2 Å². The summed E-state index contributed by atoms with van der Waals surface area (Å²) in [7, 11) is 1.63. The van der Waals surface area contributed by atoms with Crippen molar-refractivity contribution in [2.75, 3.05) is 7.11 Å². The molecule has 0 amide bonds. The smallest absolute Gasteiger partial charge is 0.216 e. The molecule has 0 spiro atoms. The molecular weight excluding hydrogens is 230 g/mol. The molecule has 2 aromatic rings. The maximum Gasteiger partial charge on any atom is 0.216 e. The monoisotopic (exact) mass is 245 g/mol. The molecule has 0 unspecified atom stereocenters. The Bertz CT molecular complexity index is 523. The number of aromatic hydroxyl groups is 1. The molecule has 4 nitrogen and oxygen atoms in total. The topological polar surface area (TPSA) is 51.6 Å². The van der Waals surface area contributed by atoms with Crippen molar-refractivity contribution >= 4 is 0 Å². The Hall–Kier alpha value is -2.23. The van der Waals surface area contributed by atoms with Crippen molar-refractivity contribution in [1.29, 1.82) is 0 Å². The minimum Gasteiger partial charge on any atom is -0.506 e. The van der Waals surface area contributed by atoms with E-state index in [9.17, 15) is 5.11 Å². The molecule has 1 N–H and O–H groups in total. The van der Waals surface area contributed by atoms with E-state index in [0.717, 1.165) is 16.9 Å². The molecule has 0 aliphatic rings. The molecule has 1 aromatic carbocycles. The van der Waals surface area contributed by atoms with Gasteiger partial charge in [0.1, 0.15) is 18.1 Å². The second-order valence-corrected chi connectivity index (χ2v) is 3.95. The molecule has 0 atom stereocenters. The van der Waals surface area contributed by atoms with Crippen molar-refractivity contribution < 1.29 is 14.6 Å². The summed E-state index contributed by atoms with van der Waals surface area (Å²) in [6.45, 7) is 2.28. The number of pyridine rings is 1. The number of benzene rings is 1. The fraction of sp³-hybridized carbons (Fsp3) is 0.214. The molecule has 4 heteroatoms. The molecule has 0 saturated heterocycles. The van der Waals surface area contributed by atoms with Crippen molar-refractivity contribution in [3.05, 3.63) is 47.7 Å². The minimum atomic E-state index is 0.143. The first kappa shape index (κ1) is 12.2. The summed E-state index contributed by atoms with van der Waals surface area (Å²) in [5.41, 5.74) is 1.84. The Balaban J connectivity index is 2.02. The van der Waals surface area contributed by atoms with Crippen molar-refractivity contribution in [3.8, 4) is 17.4 Å². The Morgan fingerprint density at radius 2 is 1.94 bits per heavy atom. The molecule has 0 bridgehead atoms. The normalized spacial score (nSPS) is 10.1. The van der Waals surface area contributed by atoms with Crippen LogP contribution in [0.2, 0.25) is 0 Å². The van der Waals surface area contributed by atoms with Gasteiger partial charge in [-0.15, -0.1) is 0 Å². The van der Waals surface area contributed by atoms with Crippen LogP contribution >= 0.6 is 0 Å². The number of aryl methyl sites for hydroxylation is 1. The fourth-order valence-electron chi connectivity index (χ4n) is 1.57. The average Bonchev–Trinajstić information content (AvgIpc) is 2.38. The Morgan fingerprint density at radius 3 is 2.56 bits per heavy atom. The zero-order valence-corrected chi connectivity index (χ0v) is 10.4. The molecule has 0 aliphatic heterocycles. The lowest BCUT2D eigenvalue weighted by molar-refractivity contribution is 0.290. The fourth-order valence-corrected chi connectivity index (χ4v) is 1.57. The van der Waals surface area contributed by atoms with E-state index >= 15 is 0 Å². The molecule has 0 aliphatic carbocycles. The van der Waals surface area contributed by atoms with Crippen molar-refractivity contribution in [3.63, 3.8) is 0 Å². The van der Waals surface area contributed by atoms with E-state index < -0.39 is 0 Å². The van der Waals surface area contributed by atoms with Gasteiger partial charge in [0.25, 0.3) is 0 Å². The molecule has 0 fully saturated rings. The number of aromatic nitrogens is 1. The van der Waals surface area contributed by atoms with Gasteiger partial charge < -0.3 is 14.6 Å². The van der Waals surface area contributed by atoms with E-state index in [-0.39, 0.29) is 5.75 Å². The van der Waals surface area contributed by atoms with Crippen LogP contribution in [0.25, 0.3) is 0 Å². The standard InChI is InChI=1S/C14H15NO3/c1-10-7-12(16)8-15-14(10)18-9-11-3-5-13(17-2)6-4-11/h3-8,16H,9H2,1-2H3. The van der Waals surface area contributed by atoms with E-state index in [1.807, 2.05) is 31.2 Å². The summed E-state index contributed by atoms with van der Waals surface area (Å²) < 4.78 is 10.7. The zero-order chi connectivity index (χ0) is 13.0. The molecule has 2 rings (SSSR count). The third-order valence-electron chi connectivity index (χ3n) is 2.55. The quantitative estimate of drug-likeness (QED) is 0.899. The molecule has 1 aromatic heterocycles. The van der Waals surface area contributed by atoms with Crippen LogP contribution in [0.4, 0.5) is 0 Å². The van der Waals surface area contributed by atoms with Gasteiger partial charge >= 0.3 is 0 Å². The Kier molecular flexibility index (Phi) is 3.67. The zero-order valence-electron chi connectivity index (χ0n) is 10.4. The summed E-state index contributed by atoms with van der Waals surface area (Å²) >= 11 is 0. The van der Waals surface area contributed by atoms with Gasteiger partial charge in [-0.25, -0.2) is 4.98 Å². The van der Waals surface area contributed by atoms with Gasteiger partial charge in [-0.2, -0.15) is 0 Å². The van der Waals surface area contributed by atoms with Crippen LogP contribution in [0.3, 0.4) is 0 Å². The van der Waals surface area contributed by atoms with Crippen LogP contribution in [0.15, 0.2) is 36.5 Å². The first-order valence-electron chi connectivity index (χ1n) is 5.60. The van der Waals surface area contributed by atoms with E-state index in [0.29, 0.717) is 12.5 Å². The summed E-state index contributed by atoms with van der Waals surface area (Å²) in [6.07, 6.45) is 1.37. The SMILES string of the molecule is COc1ccc(COc2ncc(O)cc2C)cc1. The van der Waals surface area contributed by atoms with Crippen LogP contribution in [0.5, 0.6) is 17.4 Å². The van der Waals surface area contributed by atoms with Crippen LogP contribution in [0.1, 0.15) is 11.1 Å². The van der Waals surface area contributed by atoms with Gasteiger partial charge in [0, 0.05) is 5.56 Å². The van der Waals surface area contributed by atoms with E-state index in [1.165, 1.54) is 6.20 Å². The Morgan fingerprint density at radius 1 is 1.22 bits per heavy atom. The average molecular weight is 245 g/mol. The Labute approximate surface area is 106 Å². The highest BCUT2D eigenvalue weighted by molar-refractivity contribution is 5.32. The maximum atomic E-state index is 9.25. The number of methoxy groups -OCH3 is 1. The lowest BCUT2D eigenvalue weighted by Gasteiger charge is -2.08. The molecule has 0 radical (unpaired) electrons. The second kappa shape index (κ2) is 5.40. The number of nitrogens with zero attached hydrogens (tertiary/aromatic N) is 1. The van der Waals surface area contributed by atoms with Gasteiger partial charge in [0.2, 0.25) is 5.88 Å². The van der Waals surface area contributed by atoms with E-state index in [1.54, 1.807) is 13.2 Å². The number of rotatable bonds is 4. The van der Waals surface area contributed by atoms with Crippen LogP contribution in [-0.2, 0) is 6.61 Å². The van der Waals surface area contributed by atoms with Gasteiger partial charge in [0.15, 0.2) is 0 Å². The number of hydrogen-bond donors (Lipinski definition) is 1. The molecular formula is C14H15NO3. The summed E-state index contributed by atoms with van der Waals surface area (Å²) in [5.74, 6) is 1.49. The minimum absolute atomic E-state index is 0.143. The van der Waals surface area contributed by atoms with Crippen molar-refractivity contribution in [2.24, 2.45) is 0 Å². The summed E-state index contributed by atoms with van der Waals surface area (Å²) in [6, 6.07) is 9.27. The lowest BCUT2D eigenvalue weighted by Crippen LogP contribution is -1.98. The van der Waals surface area contributed by atoms with Gasteiger partial charge in [-0.05, 0) is 30.7 Å². The van der Waals surface area contributed by atoms with Gasteiger partial charge in [-0.3, -0.25) is 0 Å². The maximum absolute atomic E-state index is 9.25. The lowest BCUT2D eigenvalue weighted by atomic mass is 10.2. The highest BCUT2D eigenvalue weighted by Crippen LogP contribution is 2.20. The van der Waals surface area contributed by atoms with Gasteiger partial charge in [0.05, 0.1) is 13.3 Å². The van der Waals surface area contributed by atoms with E-state index in [4.69, 9.17) is 9.47 Å². The van der Waals surface area contributed by atoms with Gasteiger partial charge in [-0.1, -0.05) is 12.1 Å². The first-order valence-corrected chi connectivity index (χ1v) is 5.60. The number of hydrogen-bond acceptors (Lipinski definition) is 4. The highest BCUT2D eigenvalue weighted by Gasteiger charge is 2.03. The third kappa shape index (κ3) is 2.91. The molecule has 1 heterocycles. The first-order chi connectivity index (χ1) is 8.69. The number of ether oxygens (including phenoxy) is 2. The van der Waals surface area contributed by atoms with Crippen LogP contribution < -0.4 is 9.47 Å². The van der Waals surface area contributed by atoms with E-state index in [2.05, 4.69) is 4.98 Å². The summed E-state index contributed by atoms with van der Waals surface area (Å²) in [5, 5.41) is 9.25. The van der Waals surface area contributed by atoms with Crippen molar-refractivity contribution in [1.82, 2.24) is 4.98 Å². The molecule has 18 heavy (non-hydrogen) atoms. The largest absolute Gasteiger partial charge is 0.506 e. The van der Waals surface area contributed by atoms with Crippen LogP contribution in [0, 0.1) is 6.92 Å².